The van der Waals surface area contributed by atoms with Gasteiger partial charge in [0.2, 0.25) is 0 Å². The third-order valence-electron chi connectivity index (χ3n) is 0.978. The summed E-state index contributed by atoms with van der Waals surface area (Å²) in [5.74, 6) is 0. The number of aryl methyl sites for hydroxylation is 1. The van der Waals surface area contributed by atoms with Gasteiger partial charge in [-0.15, -0.1) is 0 Å². The van der Waals surface area contributed by atoms with Crippen molar-refractivity contribution < 1.29 is 4.39 Å². The van der Waals surface area contributed by atoms with Gasteiger partial charge in [0.1, 0.15) is 0 Å². The molecule has 1 rings (SSSR count). The van der Waals surface area contributed by atoms with Gasteiger partial charge in [-0.05, 0) is 6.42 Å². The van der Waals surface area contributed by atoms with Crippen molar-refractivity contribution in [3.63, 3.8) is 0 Å². The number of aromatic amines is 1. The van der Waals surface area contributed by atoms with E-state index in [0.29, 0.717) is 0 Å². The Labute approximate surface area is 46.8 Å². The molecule has 0 bridgehead atoms. The summed E-state index contributed by atoms with van der Waals surface area (Å²) in [5.41, 5.74) is 0.836. The van der Waals surface area contributed by atoms with Crippen molar-refractivity contribution in [2.75, 3.05) is 0 Å². The van der Waals surface area contributed by atoms with Gasteiger partial charge in [-0.25, -0.2) is 4.98 Å². The van der Waals surface area contributed by atoms with Gasteiger partial charge >= 0.3 is 0 Å². The fraction of sp³-hybridized carbons (Fsp3) is 0.400. The van der Waals surface area contributed by atoms with E-state index in [0.717, 1.165) is 12.1 Å². The highest BCUT2D eigenvalue weighted by atomic mass is 19.1. The molecule has 1 aromatic heterocycles. The van der Waals surface area contributed by atoms with E-state index in [4.69, 9.17) is 0 Å². The highest BCUT2D eigenvalue weighted by Crippen LogP contribution is 1.93. The lowest BCUT2D eigenvalue weighted by Crippen LogP contribution is -1.77. The summed E-state index contributed by atoms with van der Waals surface area (Å²) in [6, 6.07) is 0. The van der Waals surface area contributed by atoms with E-state index in [2.05, 4.69) is 9.97 Å². The van der Waals surface area contributed by atoms with Gasteiger partial charge in [0.05, 0.1) is 6.20 Å². The van der Waals surface area contributed by atoms with Crippen LogP contribution in [-0.4, -0.2) is 9.97 Å². The lowest BCUT2D eigenvalue weighted by atomic mass is 10.4. The molecule has 0 aliphatic carbocycles. The highest BCUT2D eigenvalue weighted by Gasteiger charge is 1.92. The number of hydrogen-bond acceptors (Lipinski definition) is 1. The molecule has 0 aliphatic rings. The number of nitrogens with zero attached hydrogens (tertiary/aromatic N) is 1. The lowest BCUT2D eigenvalue weighted by Gasteiger charge is -1.80. The maximum Gasteiger partial charge on any atom is 0.286 e. The fourth-order valence-electron chi connectivity index (χ4n) is 0.511. The largest absolute Gasteiger partial charge is 0.318 e. The number of rotatable bonds is 1. The first-order chi connectivity index (χ1) is 3.83. The number of halogens is 1. The molecule has 1 aromatic rings. The number of hydrogen-bond donors (Lipinski definition) is 1. The topological polar surface area (TPSA) is 28.7 Å². The maximum absolute atomic E-state index is 11.9. The van der Waals surface area contributed by atoms with Crippen molar-refractivity contribution in [2.24, 2.45) is 0 Å². The smallest absolute Gasteiger partial charge is 0.286 e. The molecule has 8 heavy (non-hydrogen) atoms. The normalized spacial score (nSPS) is 9.75. The molecule has 0 amide bonds. The van der Waals surface area contributed by atoms with Crippen LogP contribution in [0.4, 0.5) is 4.39 Å². The minimum Gasteiger partial charge on any atom is -0.318 e. The van der Waals surface area contributed by atoms with Gasteiger partial charge < -0.3 is 4.98 Å². The Morgan fingerprint density at radius 1 is 1.88 bits per heavy atom. The molecule has 0 radical (unpaired) electrons. The Bertz CT molecular complexity index is 171. The SMILES string of the molecule is CCc1cnc(F)[nH]1. The summed E-state index contributed by atoms with van der Waals surface area (Å²) in [6.07, 6.45) is 1.80. The van der Waals surface area contributed by atoms with E-state index in [1.807, 2.05) is 6.92 Å². The van der Waals surface area contributed by atoms with Crippen LogP contribution in [0.5, 0.6) is 0 Å². The molecule has 1 N–H and O–H groups in total. The van der Waals surface area contributed by atoms with Crippen LogP contribution in [0.1, 0.15) is 12.6 Å². The van der Waals surface area contributed by atoms with Crippen molar-refractivity contribution in [2.45, 2.75) is 13.3 Å². The van der Waals surface area contributed by atoms with Gasteiger partial charge in [0.25, 0.3) is 6.08 Å². The first-order valence-electron chi connectivity index (χ1n) is 2.52. The third kappa shape index (κ3) is 0.857. The molecular formula is C5H7FN2. The molecule has 0 aromatic carbocycles. The van der Waals surface area contributed by atoms with Crippen LogP contribution in [0, 0.1) is 6.08 Å². The van der Waals surface area contributed by atoms with Gasteiger partial charge in [-0.1, -0.05) is 6.92 Å². The number of imidazole rings is 1. The zero-order valence-electron chi connectivity index (χ0n) is 4.61. The molecule has 44 valence electrons. The first-order valence-corrected chi connectivity index (χ1v) is 2.52. The van der Waals surface area contributed by atoms with Crippen LogP contribution in [0.2, 0.25) is 0 Å². The van der Waals surface area contributed by atoms with E-state index < -0.39 is 6.08 Å². The summed E-state index contributed by atoms with van der Waals surface area (Å²) in [4.78, 5) is 5.81. The van der Waals surface area contributed by atoms with Gasteiger partial charge in [0.15, 0.2) is 0 Å². The van der Waals surface area contributed by atoms with Crippen molar-refractivity contribution in [3.8, 4) is 0 Å². The quantitative estimate of drug-likeness (QED) is 0.582. The summed E-state index contributed by atoms with van der Waals surface area (Å²) >= 11 is 0. The van der Waals surface area contributed by atoms with Crippen LogP contribution in [0.25, 0.3) is 0 Å². The van der Waals surface area contributed by atoms with E-state index in [9.17, 15) is 4.39 Å². The number of H-pyrrole nitrogens is 1. The summed E-state index contributed by atoms with van der Waals surface area (Å²) in [6.45, 7) is 1.94. The Morgan fingerprint density at radius 2 is 2.62 bits per heavy atom. The monoisotopic (exact) mass is 114 g/mol. The second-order valence-corrected chi connectivity index (χ2v) is 1.55. The maximum atomic E-state index is 11.9. The van der Waals surface area contributed by atoms with Crippen molar-refractivity contribution >= 4 is 0 Å². The predicted octanol–water partition coefficient (Wildman–Crippen LogP) is 1.11. The van der Waals surface area contributed by atoms with Gasteiger partial charge in [0, 0.05) is 5.69 Å². The van der Waals surface area contributed by atoms with E-state index in [1.165, 1.54) is 6.20 Å². The Hall–Kier alpha value is -0.860. The van der Waals surface area contributed by atoms with Crippen molar-refractivity contribution in [1.29, 1.82) is 0 Å². The zero-order valence-corrected chi connectivity index (χ0v) is 4.61. The minimum absolute atomic E-state index is 0.498. The highest BCUT2D eigenvalue weighted by molar-refractivity contribution is 4.93. The molecule has 0 saturated heterocycles. The lowest BCUT2D eigenvalue weighted by molar-refractivity contribution is 0.550. The first kappa shape index (κ1) is 5.28. The van der Waals surface area contributed by atoms with Crippen LogP contribution in [0.3, 0.4) is 0 Å². The molecule has 2 nitrogen and oxygen atoms in total. The Morgan fingerprint density at radius 3 is 2.88 bits per heavy atom. The minimum atomic E-state index is -0.498. The summed E-state index contributed by atoms with van der Waals surface area (Å²) < 4.78 is 11.9. The predicted molar refractivity (Wildman–Crippen MR) is 27.9 cm³/mol. The van der Waals surface area contributed by atoms with E-state index in [1.54, 1.807) is 0 Å². The second-order valence-electron chi connectivity index (χ2n) is 1.55. The number of aromatic nitrogens is 2. The zero-order chi connectivity index (χ0) is 5.98. The molecule has 0 aliphatic heterocycles. The molecule has 0 spiro atoms. The van der Waals surface area contributed by atoms with Crippen LogP contribution >= 0.6 is 0 Å². The molecule has 0 fully saturated rings. The number of nitrogens with one attached hydrogen (secondary N) is 1. The van der Waals surface area contributed by atoms with Gasteiger partial charge in [-0.2, -0.15) is 4.39 Å². The average molecular weight is 114 g/mol. The Kier molecular flexibility index (Phi) is 1.28. The molecule has 1 heterocycles. The Balaban J connectivity index is 2.84. The molecule has 0 atom stereocenters. The summed E-state index contributed by atoms with van der Waals surface area (Å²) in [5, 5.41) is 0. The molecular weight excluding hydrogens is 107 g/mol. The van der Waals surface area contributed by atoms with E-state index in [-0.39, 0.29) is 0 Å². The van der Waals surface area contributed by atoms with Crippen LogP contribution in [0.15, 0.2) is 6.20 Å². The summed E-state index contributed by atoms with van der Waals surface area (Å²) in [7, 11) is 0. The van der Waals surface area contributed by atoms with Crippen molar-refractivity contribution in [1.82, 2.24) is 9.97 Å². The van der Waals surface area contributed by atoms with Crippen LogP contribution in [-0.2, 0) is 6.42 Å². The van der Waals surface area contributed by atoms with E-state index >= 15 is 0 Å². The second kappa shape index (κ2) is 1.94. The average Bonchev–Trinajstić information content (AvgIpc) is 2.14. The fourth-order valence-corrected chi connectivity index (χ4v) is 0.511. The van der Waals surface area contributed by atoms with Crippen LogP contribution < -0.4 is 0 Å². The van der Waals surface area contributed by atoms with Gasteiger partial charge in [-0.3, -0.25) is 0 Å². The third-order valence-corrected chi connectivity index (χ3v) is 0.978. The van der Waals surface area contributed by atoms with Crippen molar-refractivity contribution in [3.05, 3.63) is 18.0 Å². The molecule has 3 heteroatoms. The molecule has 0 saturated carbocycles. The molecule has 0 unspecified atom stereocenters. The standard InChI is InChI=1S/C5H7FN2/c1-2-4-3-7-5(6)8-4/h3H,2H2,1H3,(H,7,8).